The molecule has 1 rings (SSSR count). The summed E-state index contributed by atoms with van der Waals surface area (Å²) in [6.07, 6.45) is 1.06. The Bertz CT molecular complexity index is 296. The van der Waals surface area contributed by atoms with Crippen molar-refractivity contribution >= 4 is 11.3 Å². The lowest BCUT2D eigenvalue weighted by Crippen LogP contribution is -2.19. The monoisotopic (exact) mass is 241 g/mol. The van der Waals surface area contributed by atoms with Gasteiger partial charge in [0, 0.05) is 30.8 Å². The molecule has 1 heterocycles. The lowest BCUT2D eigenvalue weighted by molar-refractivity contribution is 0.413. The Labute approximate surface area is 103 Å². The van der Waals surface area contributed by atoms with Crippen LogP contribution < -0.4 is 5.32 Å². The molecule has 0 aromatic carbocycles. The molecule has 3 nitrogen and oxygen atoms in total. The van der Waals surface area contributed by atoms with E-state index >= 15 is 0 Å². The van der Waals surface area contributed by atoms with Gasteiger partial charge in [-0.15, -0.1) is 11.3 Å². The largest absolute Gasteiger partial charge is 0.316 e. The van der Waals surface area contributed by atoms with E-state index in [0.29, 0.717) is 5.92 Å². The number of hydrogen-bond donors (Lipinski definition) is 1. The molecule has 16 heavy (non-hydrogen) atoms. The number of nitrogens with zero attached hydrogens (tertiary/aromatic N) is 2. The van der Waals surface area contributed by atoms with Crippen molar-refractivity contribution in [1.29, 1.82) is 0 Å². The summed E-state index contributed by atoms with van der Waals surface area (Å²) >= 11 is 1.79. The van der Waals surface area contributed by atoms with Crippen molar-refractivity contribution in [2.45, 2.75) is 26.2 Å². The van der Waals surface area contributed by atoms with Crippen molar-refractivity contribution in [3.63, 3.8) is 0 Å². The Hall–Kier alpha value is -0.450. The van der Waals surface area contributed by atoms with Gasteiger partial charge < -0.3 is 10.2 Å². The predicted molar refractivity (Wildman–Crippen MR) is 71.3 cm³/mol. The summed E-state index contributed by atoms with van der Waals surface area (Å²) < 4.78 is 0. The molecule has 0 aliphatic carbocycles. The van der Waals surface area contributed by atoms with E-state index in [0.717, 1.165) is 26.1 Å². The Morgan fingerprint density at radius 1 is 1.50 bits per heavy atom. The normalized spacial score (nSPS) is 13.3. The number of likely N-dealkylation sites (N-methyl/N-ethyl adjacent to an activating group) is 2. The van der Waals surface area contributed by atoms with Gasteiger partial charge in [0.05, 0.1) is 10.7 Å². The lowest BCUT2D eigenvalue weighted by atomic mass is 10.1. The molecule has 0 aliphatic rings. The molecule has 1 N–H and O–H groups in total. The second-order valence-corrected chi connectivity index (χ2v) is 5.37. The molecule has 0 bridgehead atoms. The molecule has 0 saturated heterocycles. The van der Waals surface area contributed by atoms with Crippen molar-refractivity contribution in [1.82, 2.24) is 15.2 Å². The minimum Gasteiger partial charge on any atom is -0.316 e. The van der Waals surface area contributed by atoms with Gasteiger partial charge in [0.15, 0.2) is 0 Å². The minimum atomic E-state index is 0.518. The number of thiazole rings is 1. The van der Waals surface area contributed by atoms with Gasteiger partial charge >= 0.3 is 0 Å². The van der Waals surface area contributed by atoms with Crippen LogP contribution in [0.3, 0.4) is 0 Å². The second kappa shape index (κ2) is 6.99. The Morgan fingerprint density at radius 3 is 2.88 bits per heavy atom. The van der Waals surface area contributed by atoms with E-state index in [1.807, 2.05) is 0 Å². The average molecular weight is 241 g/mol. The standard InChI is InChI=1S/C12H23N3S/c1-5-13-8-10(2)11-9-16-12(14-11)6-7-15(3)4/h9-10,13H,5-8H2,1-4H3. The van der Waals surface area contributed by atoms with Crippen molar-refractivity contribution in [3.8, 4) is 0 Å². The van der Waals surface area contributed by atoms with Crippen molar-refractivity contribution in [3.05, 3.63) is 16.1 Å². The van der Waals surface area contributed by atoms with Gasteiger partial charge in [-0.05, 0) is 20.6 Å². The van der Waals surface area contributed by atoms with E-state index in [-0.39, 0.29) is 0 Å². The summed E-state index contributed by atoms with van der Waals surface area (Å²) in [5, 5.41) is 6.82. The zero-order valence-electron chi connectivity index (χ0n) is 10.8. The predicted octanol–water partition coefficient (Wildman–Crippen LogP) is 1.96. The maximum atomic E-state index is 4.69. The molecule has 1 aromatic rings. The van der Waals surface area contributed by atoms with Gasteiger partial charge in [-0.3, -0.25) is 0 Å². The van der Waals surface area contributed by atoms with Crippen LogP contribution >= 0.6 is 11.3 Å². The summed E-state index contributed by atoms with van der Waals surface area (Å²) in [7, 11) is 4.20. The molecular formula is C12H23N3S. The third-order valence-corrected chi connectivity index (χ3v) is 3.47. The number of aromatic nitrogens is 1. The third kappa shape index (κ3) is 4.60. The topological polar surface area (TPSA) is 28.2 Å². The average Bonchev–Trinajstić information content (AvgIpc) is 2.71. The SMILES string of the molecule is CCNCC(C)c1csc(CCN(C)C)n1. The van der Waals surface area contributed by atoms with Gasteiger partial charge in [0.1, 0.15) is 0 Å². The van der Waals surface area contributed by atoms with Crippen LogP contribution in [0, 0.1) is 0 Å². The highest BCUT2D eigenvalue weighted by Crippen LogP contribution is 2.18. The van der Waals surface area contributed by atoms with Crippen LogP contribution in [0.1, 0.15) is 30.5 Å². The highest BCUT2D eigenvalue weighted by atomic mass is 32.1. The molecule has 1 atom stereocenters. The first-order chi connectivity index (χ1) is 7.63. The van der Waals surface area contributed by atoms with Crippen LogP contribution in [0.15, 0.2) is 5.38 Å². The van der Waals surface area contributed by atoms with E-state index in [4.69, 9.17) is 0 Å². The summed E-state index contributed by atoms with van der Waals surface area (Å²) in [5.74, 6) is 0.518. The fourth-order valence-electron chi connectivity index (χ4n) is 1.45. The third-order valence-electron chi connectivity index (χ3n) is 2.55. The zero-order chi connectivity index (χ0) is 12.0. The first-order valence-electron chi connectivity index (χ1n) is 5.93. The summed E-state index contributed by atoms with van der Waals surface area (Å²) in [6, 6.07) is 0. The van der Waals surface area contributed by atoms with Gasteiger partial charge in [-0.1, -0.05) is 13.8 Å². The van der Waals surface area contributed by atoms with Crippen LogP contribution in [-0.4, -0.2) is 43.6 Å². The number of hydrogen-bond acceptors (Lipinski definition) is 4. The first-order valence-corrected chi connectivity index (χ1v) is 6.81. The summed E-state index contributed by atoms with van der Waals surface area (Å²) in [4.78, 5) is 6.88. The van der Waals surface area contributed by atoms with Gasteiger partial charge in [-0.25, -0.2) is 4.98 Å². The molecule has 4 heteroatoms. The van der Waals surface area contributed by atoms with Crippen molar-refractivity contribution in [2.75, 3.05) is 33.7 Å². The fourth-order valence-corrected chi connectivity index (χ4v) is 2.36. The lowest BCUT2D eigenvalue weighted by Gasteiger charge is -2.09. The minimum absolute atomic E-state index is 0.518. The van der Waals surface area contributed by atoms with Crippen LogP contribution in [0.5, 0.6) is 0 Å². The smallest absolute Gasteiger partial charge is 0.0941 e. The van der Waals surface area contributed by atoms with Crippen LogP contribution in [0.4, 0.5) is 0 Å². The highest BCUT2D eigenvalue weighted by molar-refractivity contribution is 7.09. The Kier molecular flexibility index (Phi) is 5.95. The van der Waals surface area contributed by atoms with Crippen molar-refractivity contribution in [2.24, 2.45) is 0 Å². The first kappa shape index (κ1) is 13.6. The van der Waals surface area contributed by atoms with E-state index in [1.54, 1.807) is 11.3 Å². The second-order valence-electron chi connectivity index (χ2n) is 4.43. The zero-order valence-corrected chi connectivity index (χ0v) is 11.6. The quantitative estimate of drug-likeness (QED) is 0.791. The molecule has 1 aromatic heterocycles. The van der Waals surface area contributed by atoms with Crippen molar-refractivity contribution < 1.29 is 0 Å². The molecule has 0 spiro atoms. The Balaban J connectivity index is 2.43. The number of rotatable bonds is 7. The summed E-state index contributed by atoms with van der Waals surface area (Å²) in [5.41, 5.74) is 1.24. The highest BCUT2D eigenvalue weighted by Gasteiger charge is 2.09. The fraction of sp³-hybridized carbons (Fsp3) is 0.750. The van der Waals surface area contributed by atoms with E-state index in [2.05, 4.69) is 48.5 Å². The van der Waals surface area contributed by atoms with E-state index in [9.17, 15) is 0 Å². The molecule has 0 radical (unpaired) electrons. The molecule has 0 fully saturated rings. The van der Waals surface area contributed by atoms with Crippen LogP contribution in [0.25, 0.3) is 0 Å². The van der Waals surface area contributed by atoms with E-state index < -0.39 is 0 Å². The maximum Gasteiger partial charge on any atom is 0.0941 e. The molecule has 0 aliphatic heterocycles. The molecule has 92 valence electrons. The molecule has 0 saturated carbocycles. The number of nitrogens with one attached hydrogen (secondary N) is 1. The Morgan fingerprint density at radius 2 is 2.25 bits per heavy atom. The van der Waals surface area contributed by atoms with Gasteiger partial charge in [0.25, 0.3) is 0 Å². The summed E-state index contributed by atoms with van der Waals surface area (Å²) in [6.45, 7) is 7.49. The van der Waals surface area contributed by atoms with Gasteiger partial charge in [-0.2, -0.15) is 0 Å². The van der Waals surface area contributed by atoms with Crippen LogP contribution in [0.2, 0.25) is 0 Å². The van der Waals surface area contributed by atoms with E-state index in [1.165, 1.54) is 10.7 Å². The maximum absolute atomic E-state index is 4.69. The molecule has 0 amide bonds. The van der Waals surface area contributed by atoms with Crippen LogP contribution in [-0.2, 0) is 6.42 Å². The molecule has 1 unspecified atom stereocenters. The molecular weight excluding hydrogens is 218 g/mol. The van der Waals surface area contributed by atoms with Gasteiger partial charge in [0.2, 0.25) is 0 Å².